The second-order valence-electron chi connectivity index (χ2n) is 4.32. The maximum atomic E-state index is 11.7. The average Bonchev–Trinajstić information content (AvgIpc) is 2.56. The Morgan fingerprint density at radius 2 is 2.06 bits per heavy atom. The Balaban J connectivity index is 0.000000574. The third-order valence-electron chi connectivity index (χ3n) is 3.26. The molecule has 0 aliphatic carbocycles. The molecule has 3 rings (SSSR count). The van der Waals surface area contributed by atoms with Crippen LogP contribution in [0.2, 0.25) is 0 Å². The van der Waals surface area contributed by atoms with Crippen molar-refractivity contribution < 1.29 is 4.79 Å². The normalized spacial score (nSPS) is 21.8. The smallest absolute Gasteiger partial charge is 0.226 e. The fourth-order valence-electron chi connectivity index (χ4n) is 2.51. The molecule has 1 aromatic carbocycles. The van der Waals surface area contributed by atoms with Crippen LogP contribution in [0, 0.1) is 0 Å². The summed E-state index contributed by atoms with van der Waals surface area (Å²) in [6, 6.07) is 8.32. The van der Waals surface area contributed by atoms with Crippen molar-refractivity contribution in [1.29, 1.82) is 0 Å². The highest BCUT2D eigenvalue weighted by atomic mass is 16.1. The van der Waals surface area contributed by atoms with Gasteiger partial charge in [0.2, 0.25) is 5.91 Å². The van der Waals surface area contributed by atoms with Crippen molar-refractivity contribution in [1.82, 2.24) is 5.32 Å². The van der Waals surface area contributed by atoms with Crippen LogP contribution in [-0.2, 0) is 4.79 Å². The molecule has 1 unspecified atom stereocenters. The number of hydrogen-bond donors (Lipinski definition) is 2. The quantitative estimate of drug-likeness (QED) is 0.735. The highest BCUT2D eigenvalue weighted by Crippen LogP contribution is 2.31. The van der Waals surface area contributed by atoms with E-state index >= 15 is 0 Å². The van der Waals surface area contributed by atoms with E-state index < -0.39 is 0 Å². The molecule has 0 spiro atoms. The van der Waals surface area contributed by atoms with Crippen LogP contribution in [0.25, 0.3) is 0 Å². The van der Waals surface area contributed by atoms with Gasteiger partial charge in [0.1, 0.15) is 0 Å². The maximum absolute atomic E-state index is 11.7. The van der Waals surface area contributed by atoms with Crippen molar-refractivity contribution in [3.63, 3.8) is 0 Å². The molecule has 18 heavy (non-hydrogen) atoms. The van der Waals surface area contributed by atoms with Crippen LogP contribution in [0.3, 0.4) is 0 Å². The summed E-state index contributed by atoms with van der Waals surface area (Å²) < 4.78 is 0. The number of amides is 1. The van der Waals surface area contributed by atoms with Crippen molar-refractivity contribution >= 4 is 17.3 Å². The van der Waals surface area contributed by atoms with Gasteiger partial charge in [-0.05, 0) is 12.1 Å². The average molecular weight is 247 g/mol. The monoisotopic (exact) mass is 247 g/mol. The number of nitrogens with zero attached hydrogens (tertiary/aromatic N) is 1. The van der Waals surface area contributed by atoms with Crippen LogP contribution >= 0.6 is 0 Å². The fourth-order valence-corrected chi connectivity index (χ4v) is 2.51. The van der Waals surface area contributed by atoms with E-state index in [2.05, 4.69) is 21.6 Å². The molecule has 0 radical (unpaired) electrons. The fraction of sp³-hybridized carbons (Fsp3) is 0.500. The van der Waals surface area contributed by atoms with E-state index in [9.17, 15) is 4.79 Å². The SMILES string of the molecule is CC.O=C1CC2CNCCN2c2ccccc2N1. The molecular formula is C14H21N3O. The molecule has 2 aliphatic heterocycles. The predicted molar refractivity (Wildman–Crippen MR) is 75.0 cm³/mol. The number of piperazine rings is 1. The van der Waals surface area contributed by atoms with Gasteiger partial charge in [-0.1, -0.05) is 26.0 Å². The second-order valence-corrected chi connectivity index (χ2v) is 4.32. The third kappa shape index (κ3) is 2.48. The Bertz CT molecular complexity index is 419. The van der Waals surface area contributed by atoms with Crippen LogP contribution in [0.5, 0.6) is 0 Å². The van der Waals surface area contributed by atoms with Crippen molar-refractivity contribution in [3.05, 3.63) is 24.3 Å². The molecule has 98 valence electrons. The minimum atomic E-state index is 0.114. The number of rotatable bonds is 0. The summed E-state index contributed by atoms with van der Waals surface area (Å²) in [5, 5.41) is 6.31. The molecule has 1 saturated heterocycles. The van der Waals surface area contributed by atoms with E-state index in [1.54, 1.807) is 0 Å². The summed E-state index contributed by atoms with van der Waals surface area (Å²) in [6.07, 6.45) is 0.571. The molecule has 0 bridgehead atoms. The molecule has 2 aliphatic rings. The first kappa shape index (κ1) is 12.9. The third-order valence-corrected chi connectivity index (χ3v) is 3.26. The van der Waals surface area contributed by atoms with E-state index in [-0.39, 0.29) is 11.9 Å². The van der Waals surface area contributed by atoms with E-state index in [1.165, 1.54) is 0 Å². The Hall–Kier alpha value is -1.55. The minimum Gasteiger partial charge on any atom is -0.364 e. The molecule has 1 atom stereocenters. The molecule has 1 fully saturated rings. The lowest BCUT2D eigenvalue weighted by atomic mass is 10.1. The van der Waals surface area contributed by atoms with Gasteiger partial charge in [0.25, 0.3) is 0 Å². The van der Waals surface area contributed by atoms with Crippen LogP contribution in [-0.4, -0.2) is 31.6 Å². The summed E-state index contributed by atoms with van der Waals surface area (Å²) in [5.74, 6) is 0.114. The van der Waals surface area contributed by atoms with Gasteiger partial charge in [-0.15, -0.1) is 0 Å². The number of hydrogen-bond acceptors (Lipinski definition) is 3. The number of fused-ring (bicyclic) bond motifs is 3. The van der Waals surface area contributed by atoms with Crippen molar-refractivity contribution in [2.75, 3.05) is 29.9 Å². The van der Waals surface area contributed by atoms with Gasteiger partial charge in [-0.3, -0.25) is 4.79 Å². The van der Waals surface area contributed by atoms with Gasteiger partial charge in [-0.2, -0.15) is 0 Å². The van der Waals surface area contributed by atoms with E-state index in [0.717, 1.165) is 31.0 Å². The van der Waals surface area contributed by atoms with Crippen LogP contribution in [0.15, 0.2) is 24.3 Å². The van der Waals surface area contributed by atoms with Crippen LogP contribution in [0.1, 0.15) is 20.3 Å². The summed E-state index contributed by atoms with van der Waals surface area (Å²) >= 11 is 0. The number of carbonyl (C=O) groups is 1. The standard InChI is InChI=1S/C12H15N3O.C2H6/c16-12-7-9-8-13-5-6-15(9)11-4-2-1-3-10(11)14-12;1-2/h1-4,9,13H,5-8H2,(H,14,16);1-2H3. The van der Waals surface area contributed by atoms with Gasteiger partial charge < -0.3 is 15.5 Å². The Labute approximate surface area is 108 Å². The van der Waals surface area contributed by atoms with Crippen molar-refractivity contribution in [2.24, 2.45) is 0 Å². The molecule has 4 heteroatoms. The summed E-state index contributed by atoms with van der Waals surface area (Å²) in [5.41, 5.74) is 2.09. The minimum absolute atomic E-state index is 0.114. The first-order valence-electron chi connectivity index (χ1n) is 6.71. The maximum Gasteiger partial charge on any atom is 0.226 e. The Morgan fingerprint density at radius 3 is 2.89 bits per heavy atom. The van der Waals surface area contributed by atoms with Gasteiger partial charge in [0.05, 0.1) is 17.4 Å². The molecule has 1 aromatic rings. The molecular weight excluding hydrogens is 226 g/mol. The van der Waals surface area contributed by atoms with Crippen LogP contribution < -0.4 is 15.5 Å². The highest BCUT2D eigenvalue weighted by Gasteiger charge is 2.29. The lowest BCUT2D eigenvalue weighted by Crippen LogP contribution is -2.51. The predicted octanol–water partition coefficient (Wildman–Crippen LogP) is 1.83. The van der Waals surface area contributed by atoms with E-state index in [1.807, 2.05) is 32.0 Å². The highest BCUT2D eigenvalue weighted by molar-refractivity contribution is 5.96. The van der Waals surface area contributed by atoms with Crippen molar-refractivity contribution in [3.8, 4) is 0 Å². The molecule has 4 nitrogen and oxygen atoms in total. The Morgan fingerprint density at radius 1 is 1.28 bits per heavy atom. The molecule has 2 heterocycles. The number of nitrogens with one attached hydrogen (secondary N) is 2. The lowest BCUT2D eigenvalue weighted by molar-refractivity contribution is -0.116. The lowest BCUT2D eigenvalue weighted by Gasteiger charge is -2.36. The van der Waals surface area contributed by atoms with Crippen LogP contribution in [0.4, 0.5) is 11.4 Å². The van der Waals surface area contributed by atoms with Gasteiger partial charge in [0, 0.05) is 26.1 Å². The molecule has 2 N–H and O–H groups in total. The zero-order chi connectivity index (χ0) is 13.0. The first-order chi connectivity index (χ1) is 8.84. The first-order valence-corrected chi connectivity index (χ1v) is 6.71. The van der Waals surface area contributed by atoms with Gasteiger partial charge >= 0.3 is 0 Å². The Kier molecular flexibility index (Phi) is 4.20. The number of carbonyl (C=O) groups excluding carboxylic acids is 1. The molecule has 0 saturated carbocycles. The van der Waals surface area contributed by atoms with Gasteiger partial charge in [0.15, 0.2) is 0 Å². The molecule has 0 aromatic heterocycles. The molecule has 1 amide bonds. The summed E-state index contributed by atoms with van der Waals surface area (Å²) in [4.78, 5) is 14.1. The van der Waals surface area contributed by atoms with E-state index in [0.29, 0.717) is 6.42 Å². The van der Waals surface area contributed by atoms with Gasteiger partial charge in [-0.25, -0.2) is 0 Å². The number of para-hydroxylation sites is 2. The zero-order valence-electron chi connectivity index (χ0n) is 11.1. The van der Waals surface area contributed by atoms with Crippen molar-refractivity contribution in [2.45, 2.75) is 26.3 Å². The largest absolute Gasteiger partial charge is 0.364 e. The topological polar surface area (TPSA) is 44.4 Å². The summed E-state index contributed by atoms with van der Waals surface area (Å²) in [7, 11) is 0. The summed E-state index contributed by atoms with van der Waals surface area (Å²) in [6.45, 7) is 6.84. The number of anilines is 2. The zero-order valence-corrected chi connectivity index (χ0v) is 11.1. The second kappa shape index (κ2) is 5.87. The number of benzene rings is 1. The van der Waals surface area contributed by atoms with E-state index in [4.69, 9.17) is 0 Å².